The van der Waals surface area contributed by atoms with E-state index in [1.807, 2.05) is 0 Å². The summed E-state index contributed by atoms with van der Waals surface area (Å²) >= 11 is 1.74. The molecule has 0 saturated carbocycles. The van der Waals surface area contributed by atoms with Crippen LogP contribution in [0, 0.1) is 5.41 Å². The molecule has 0 bridgehead atoms. The quantitative estimate of drug-likeness (QED) is 0.425. The first-order valence-electron chi connectivity index (χ1n) is 5.21. The molecule has 3 nitrogen and oxygen atoms in total. The fourth-order valence-electron chi connectivity index (χ4n) is 1.47. The van der Waals surface area contributed by atoms with E-state index in [0.717, 1.165) is 32.4 Å². The summed E-state index contributed by atoms with van der Waals surface area (Å²) in [6, 6.07) is 2.16. The van der Waals surface area contributed by atoms with Gasteiger partial charge in [0.15, 0.2) is 0 Å². The van der Waals surface area contributed by atoms with Gasteiger partial charge in [-0.05, 0) is 48.8 Å². The predicted molar refractivity (Wildman–Crippen MR) is 66.4 cm³/mol. The molecule has 0 unspecified atom stereocenters. The lowest BCUT2D eigenvalue weighted by molar-refractivity contribution is 0.320. The number of thiophene rings is 1. The Labute approximate surface area is 95.4 Å². The van der Waals surface area contributed by atoms with E-state index in [2.05, 4.69) is 28.8 Å². The average molecular weight is 225 g/mol. The molecule has 4 heteroatoms. The number of unbranched alkanes of at least 4 members (excludes halogenated alkanes) is 1. The summed E-state index contributed by atoms with van der Waals surface area (Å²) in [6.45, 7) is 2.09. The molecule has 15 heavy (non-hydrogen) atoms. The molecule has 1 rings (SSSR count). The van der Waals surface area contributed by atoms with Crippen LogP contribution in [0.4, 0.5) is 0 Å². The Morgan fingerprint density at radius 2 is 2.33 bits per heavy atom. The highest BCUT2D eigenvalue weighted by Gasteiger charge is 2.00. The first-order valence-corrected chi connectivity index (χ1v) is 6.15. The molecule has 84 valence electrons. The molecule has 0 radical (unpaired) electrons. The molecule has 1 aromatic heterocycles. The Hall–Kier alpha value is -0.870. The van der Waals surface area contributed by atoms with Gasteiger partial charge in [0.2, 0.25) is 0 Å². The summed E-state index contributed by atoms with van der Waals surface area (Å²) in [7, 11) is 2.13. The van der Waals surface area contributed by atoms with Crippen molar-refractivity contribution in [1.82, 2.24) is 4.90 Å². The van der Waals surface area contributed by atoms with Gasteiger partial charge in [0, 0.05) is 13.0 Å². The lowest BCUT2D eigenvalue weighted by Gasteiger charge is -2.15. The van der Waals surface area contributed by atoms with Gasteiger partial charge in [0.1, 0.15) is 0 Å². The molecule has 1 aromatic rings. The molecular formula is C11H19N3S. The summed E-state index contributed by atoms with van der Waals surface area (Å²) < 4.78 is 0. The Morgan fingerprint density at radius 1 is 1.53 bits per heavy atom. The zero-order valence-electron chi connectivity index (χ0n) is 9.20. The van der Waals surface area contributed by atoms with E-state index in [1.54, 1.807) is 11.3 Å². The number of amidine groups is 1. The zero-order chi connectivity index (χ0) is 11.1. The van der Waals surface area contributed by atoms with E-state index < -0.39 is 0 Å². The summed E-state index contributed by atoms with van der Waals surface area (Å²) in [5, 5.41) is 11.4. The molecule has 0 aliphatic heterocycles. The third-order valence-electron chi connectivity index (χ3n) is 2.27. The van der Waals surface area contributed by atoms with E-state index in [9.17, 15) is 0 Å². The highest BCUT2D eigenvalue weighted by atomic mass is 32.1. The summed E-state index contributed by atoms with van der Waals surface area (Å²) in [6.07, 6.45) is 2.86. The number of nitrogens with two attached hydrogens (primary N) is 1. The van der Waals surface area contributed by atoms with Gasteiger partial charge in [-0.15, -0.1) is 0 Å². The van der Waals surface area contributed by atoms with Crippen molar-refractivity contribution < 1.29 is 0 Å². The van der Waals surface area contributed by atoms with Crippen LogP contribution >= 0.6 is 11.3 Å². The fourth-order valence-corrected chi connectivity index (χ4v) is 2.13. The van der Waals surface area contributed by atoms with Crippen LogP contribution in [0.3, 0.4) is 0 Å². The highest BCUT2D eigenvalue weighted by Crippen LogP contribution is 2.09. The topological polar surface area (TPSA) is 53.1 Å². The summed E-state index contributed by atoms with van der Waals surface area (Å²) in [5.74, 6) is 0.301. The van der Waals surface area contributed by atoms with Crippen LogP contribution in [0.5, 0.6) is 0 Å². The van der Waals surface area contributed by atoms with Gasteiger partial charge in [-0.2, -0.15) is 11.3 Å². The number of hydrogen-bond donors (Lipinski definition) is 2. The molecule has 0 amide bonds. The molecule has 0 aliphatic rings. The van der Waals surface area contributed by atoms with Crippen molar-refractivity contribution in [2.45, 2.75) is 25.8 Å². The Morgan fingerprint density at radius 3 is 2.93 bits per heavy atom. The minimum atomic E-state index is 0.301. The van der Waals surface area contributed by atoms with E-state index in [-0.39, 0.29) is 0 Å². The van der Waals surface area contributed by atoms with Gasteiger partial charge in [0.05, 0.1) is 5.84 Å². The largest absolute Gasteiger partial charge is 0.388 e. The SMILES string of the molecule is CN(CCCCC(=N)N)Cc1ccsc1. The van der Waals surface area contributed by atoms with E-state index in [0.29, 0.717) is 5.84 Å². The van der Waals surface area contributed by atoms with Crippen LogP contribution in [-0.4, -0.2) is 24.3 Å². The molecule has 0 atom stereocenters. The lowest BCUT2D eigenvalue weighted by atomic mass is 10.2. The van der Waals surface area contributed by atoms with Crippen LogP contribution < -0.4 is 5.73 Å². The average Bonchev–Trinajstić information content (AvgIpc) is 2.64. The smallest absolute Gasteiger partial charge is 0.0905 e. The van der Waals surface area contributed by atoms with E-state index in [4.69, 9.17) is 11.1 Å². The van der Waals surface area contributed by atoms with Crippen molar-refractivity contribution in [2.24, 2.45) is 5.73 Å². The normalized spacial score (nSPS) is 10.8. The zero-order valence-corrected chi connectivity index (χ0v) is 10.0. The van der Waals surface area contributed by atoms with Crippen molar-refractivity contribution in [3.63, 3.8) is 0 Å². The maximum Gasteiger partial charge on any atom is 0.0905 e. The van der Waals surface area contributed by atoms with Gasteiger partial charge in [-0.1, -0.05) is 0 Å². The maximum absolute atomic E-state index is 7.10. The molecule has 0 spiro atoms. The van der Waals surface area contributed by atoms with Crippen LogP contribution in [0.15, 0.2) is 16.8 Å². The fraction of sp³-hybridized carbons (Fsp3) is 0.545. The third kappa shape index (κ3) is 5.54. The van der Waals surface area contributed by atoms with Crippen LogP contribution in [-0.2, 0) is 6.54 Å². The van der Waals surface area contributed by atoms with Crippen molar-refractivity contribution in [1.29, 1.82) is 5.41 Å². The molecular weight excluding hydrogens is 206 g/mol. The number of nitrogens with zero attached hydrogens (tertiary/aromatic N) is 1. The summed E-state index contributed by atoms with van der Waals surface area (Å²) in [4.78, 5) is 2.31. The van der Waals surface area contributed by atoms with Crippen LogP contribution in [0.2, 0.25) is 0 Å². The number of nitrogens with one attached hydrogen (secondary N) is 1. The van der Waals surface area contributed by atoms with E-state index in [1.165, 1.54) is 5.56 Å². The number of hydrogen-bond acceptors (Lipinski definition) is 3. The molecule has 0 aromatic carbocycles. The molecule has 3 N–H and O–H groups in total. The first kappa shape index (κ1) is 12.2. The molecule has 1 heterocycles. The van der Waals surface area contributed by atoms with Crippen LogP contribution in [0.25, 0.3) is 0 Å². The van der Waals surface area contributed by atoms with Gasteiger partial charge >= 0.3 is 0 Å². The predicted octanol–water partition coefficient (Wildman–Crippen LogP) is 2.29. The maximum atomic E-state index is 7.10. The Kier molecular flexibility index (Phi) is 5.36. The van der Waals surface area contributed by atoms with Gasteiger partial charge in [-0.3, -0.25) is 5.41 Å². The monoisotopic (exact) mass is 225 g/mol. The Bertz CT molecular complexity index is 282. The van der Waals surface area contributed by atoms with Crippen molar-refractivity contribution in [3.05, 3.63) is 22.4 Å². The second-order valence-electron chi connectivity index (χ2n) is 3.85. The van der Waals surface area contributed by atoms with Gasteiger partial charge in [-0.25, -0.2) is 0 Å². The first-order chi connectivity index (χ1) is 7.18. The third-order valence-corrected chi connectivity index (χ3v) is 3.00. The molecule has 0 aliphatic carbocycles. The van der Waals surface area contributed by atoms with Crippen LogP contribution in [0.1, 0.15) is 24.8 Å². The molecule has 0 fully saturated rings. The Balaban J connectivity index is 2.08. The van der Waals surface area contributed by atoms with Gasteiger partial charge < -0.3 is 10.6 Å². The van der Waals surface area contributed by atoms with E-state index >= 15 is 0 Å². The van der Waals surface area contributed by atoms with Crippen molar-refractivity contribution >= 4 is 17.2 Å². The minimum Gasteiger partial charge on any atom is -0.388 e. The second kappa shape index (κ2) is 6.58. The second-order valence-corrected chi connectivity index (χ2v) is 4.63. The standard InChI is InChI=1S/C11H19N3S/c1-14(6-3-2-4-11(12)13)8-10-5-7-15-9-10/h5,7,9H,2-4,6,8H2,1H3,(H3,12,13). The highest BCUT2D eigenvalue weighted by molar-refractivity contribution is 7.07. The van der Waals surface area contributed by atoms with Crippen molar-refractivity contribution in [3.8, 4) is 0 Å². The lowest BCUT2D eigenvalue weighted by Crippen LogP contribution is -2.19. The summed E-state index contributed by atoms with van der Waals surface area (Å²) in [5.41, 5.74) is 6.67. The number of rotatable bonds is 7. The minimum absolute atomic E-state index is 0.301. The molecule has 0 saturated heterocycles. The van der Waals surface area contributed by atoms with Crippen molar-refractivity contribution in [2.75, 3.05) is 13.6 Å². The van der Waals surface area contributed by atoms with Gasteiger partial charge in [0.25, 0.3) is 0 Å².